The fourth-order valence-corrected chi connectivity index (χ4v) is 1.65. The van der Waals surface area contributed by atoms with Gasteiger partial charge in [0.05, 0.1) is 12.2 Å². The molecule has 1 aromatic carbocycles. The molecule has 5 N–H and O–H groups in total. The van der Waals surface area contributed by atoms with E-state index in [2.05, 4.69) is 0 Å². The van der Waals surface area contributed by atoms with E-state index < -0.39 is 0 Å². The molecule has 1 aromatic rings. The van der Waals surface area contributed by atoms with Crippen molar-refractivity contribution in [3.05, 3.63) is 23.8 Å². The molecule has 5 heteroatoms. The van der Waals surface area contributed by atoms with Crippen molar-refractivity contribution in [1.82, 2.24) is 4.90 Å². The van der Waals surface area contributed by atoms with E-state index >= 15 is 0 Å². The normalized spacial score (nSPS) is 10.2. The Kier molecular flexibility index (Phi) is 4.78. The van der Waals surface area contributed by atoms with Crippen LogP contribution in [0, 0.1) is 0 Å². The van der Waals surface area contributed by atoms with Crippen LogP contribution in [0.25, 0.3) is 0 Å². The van der Waals surface area contributed by atoms with E-state index in [1.54, 1.807) is 23.1 Å². The van der Waals surface area contributed by atoms with Crippen LogP contribution in [-0.4, -0.2) is 35.6 Å². The Morgan fingerprint density at radius 2 is 2.06 bits per heavy atom. The zero-order chi connectivity index (χ0) is 12.8. The summed E-state index contributed by atoms with van der Waals surface area (Å²) in [6.45, 7) is 2.84. The van der Waals surface area contributed by atoms with Gasteiger partial charge >= 0.3 is 0 Å². The number of aliphatic hydroxyl groups is 1. The van der Waals surface area contributed by atoms with Crippen LogP contribution in [0.2, 0.25) is 0 Å². The number of nitrogens with two attached hydrogens (primary N) is 2. The van der Waals surface area contributed by atoms with Crippen LogP contribution in [0.4, 0.5) is 11.4 Å². The number of carbonyl (C=O) groups is 1. The Labute approximate surface area is 101 Å². The van der Waals surface area contributed by atoms with E-state index in [0.717, 1.165) is 6.42 Å². The van der Waals surface area contributed by atoms with Crippen LogP contribution in [0.3, 0.4) is 0 Å². The van der Waals surface area contributed by atoms with Gasteiger partial charge in [-0.2, -0.15) is 0 Å². The Morgan fingerprint density at radius 3 is 2.59 bits per heavy atom. The molecule has 0 spiro atoms. The van der Waals surface area contributed by atoms with E-state index in [9.17, 15) is 4.79 Å². The van der Waals surface area contributed by atoms with Gasteiger partial charge in [0.15, 0.2) is 0 Å². The molecule has 0 heterocycles. The van der Waals surface area contributed by atoms with Crippen molar-refractivity contribution in [2.75, 3.05) is 31.2 Å². The second-order valence-corrected chi connectivity index (χ2v) is 3.86. The first kappa shape index (κ1) is 13.3. The van der Waals surface area contributed by atoms with Gasteiger partial charge in [0.25, 0.3) is 5.91 Å². The molecule has 0 aliphatic heterocycles. The molecule has 0 saturated carbocycles. The first-order valence-corrected chi connectivity index (χ1v) is 5.65. The maximum atomic E-state index is 12.2. The van der Waals surface area contributed by atoms with Crippen LogP contribution >= 0.6 is 0 Å². The number of anilines is 2. The van der Waals surface area contributed by atoms with Gasteiger partial charge in [0.1, 0.15) is 0 Å². The minimum absolute atomic E-state index is 0.0549. The molecule has 17 heavy (non-hydrogen) atoms. The summed E-state index contributed by atoms with van der Waals surface area (Å²) in [5.74, 6) is -0.168. The van der Waals surface area contributed by atoms with Gasteiger partial charge in [-0.05, 0) is 24.6 Å². The van der Waals surface area contributed by atoms with E-state index in [1.165, 1.54) is 0 Å². The summed E-state index contributed by atoms with van der Waals surface area (Å²) < 4.78 is 0. The molecule has 0 aliphatic carbocycles. The fraction of sp³-hybridized carbons (Fsp3) is 0.417. The summed E-state index contributed by atoms with van der Waals surface area (Å²) in [6.07, 6.45) is 0.834. The fourth-order valence-electron chi connectivity index (χ4n) is 1.65. The highest BCUT2D eigenvalue weighted by Crippen LogP contribution is 2.17. The van der Waals surface area contributed by atoms with E-state index in [4.69, 9.17) is 16.6 Å². The average Bonchev–Trinajstić information content (AvgIpc) is 2.28. The maximum Gasteiger partial charge on any atom is 0.256 e. The molecule has 0 radical (unpaired) electrons. The van der Waals surface area contributed by atoms with Gasteiger partial charge in [-0.25, -0.2) is 0 Å². The molecule has 0 aliphatic rings. The van der Waals surface area contributed by atoms with Crippen LogP contribution in [0.1, 0.15) is 23.7 Å². The predicted molar refractivity (Wildman–Crippen MR) is 68.5 cm³/mol. The molecule has 0 fully saturated rings. The summed E-state index contributed by atoms with van der Waals surface area (Å²) in [7, 11) is 0. The molecule has 0 atom stereocenters. The van der Waals surface area contributed by atoms with Crippen LogP contribution < -0.4 is 11.5 Å². The van der Waals surface area contributed by atoms with E-state index in [1.807, 2.05) is 6.92 Å². The topological polar surface area (TPSA) is 92.6 Å². The van der Waals surface area contributed by atoms with Crippen LogP contribution in [0.15, 0.2) is 18.2 Å². The number of hydrogen-bond donors (Lipinski definition) is 3. The third kappa shape index (κ3) is 3.35. The number of nitrogens with zero attached hydrogens (tertiary/aromatic N) is 1. The predicted octanol–water partition coefficient (Wildman–Crippen LogP) is 0.696. The summed E-state index contributed by atoms with van der Waals surface area (Å²) in [6, 6.07) is 4.83. The maximum absolute atomic E-state index is 12.2. The van der Waals surface area contributed by atoms with Gasteiger partial charge in [0.2, 0.25) is 0 Å². The van der Waals surface area contributed by atoms with Crippen LogP contribution in [-0.2, 0) is 0 Å². The second kappa shape index (κ2) is 6.10. The number of nitrogen functional groups attached to an aromatic ring is 2. The molecule has 0 bridgehead atoms. The first-order chi connectivity index (χ1) is 8.10. The highest BCUT2D eigenvalue weighted by molar-refractivity contribution is 5.99. The third-order valence-electron chi connectivity index (χ3n) is 2.46. The van der Waals surface area contributed by atoms with Gasteiger partial charge in [-0.15, -0.1) is 0 Å². The molecule has 1 amide bonds. The minimum atomic E-state index is -0.168. The van der Waals surface area contributed by atoms with Crippen molar-refractivity contribution < 1.29 is 9.90 Å². The zero-order valence-corrected chi connectivity index (χ0v) is 10.0. The highest BCUT2D eigenvalue weighted by atomic mass is 16.3. The lowest BCUT2D eigenvalue weighted by Gasteiger charge is -2.21. The van der Waals surface area contributed by atoms with Gasteiger partial charge in [-0.1, -0.05) is 6.92 Å². The molecule has 0 saturated heterocycles. The molecular weight excluding hydrogens is 218 g/mol. The highest BCUT2D eigenvalue weighted by Gasteiger charge is 2.16. The standard InChI is InChI=1S/C12H19N3O2/c1-2-5-15(6-7-16)12(17)10-4-3-9(13)8-11(10)14/h3-4,8,16H,2,5-7,13-14H2,1H3. The van der Waals surface area contributed by atoms with Crippen molar-refractivity contribution in [3.63, 3.8) is 0 Å². The largest absolute Gasteiger partial charge is 0.399 e. The minimum Gasteiger partial charge on any atom is -0.399 e. The Hall–Kier alpha value is -1.75. The molecule has 1 rings (SSSR count). The van der Waals surface area contributed by atoms with Gasteiger partial charge in [-0.3, -0.25) is 4.79 Å². The lowest BCUT2D eigenvalue weighted by molar-refractivity contribution is 0.0723. The van der Waals surface area contributed by atoms with Crippen molar-refractivity contribution in [2.24, 2.45) is 0 Å². The van der Waals surface area contributed by atoms with Crippen molar-refractivity contribution in [3.8, 4) is 0 Å². The summed E-state index contributed by atoms with van der Waals surface area (Å²) >= 11 is 0. The number of rotatable bonds is 5. The molecule has 0 aromatic heterocycles. The number of hydrogen-bond acceptors (Lipinski definition) is 4. The molecule has 0 unspecified atom stereocenters. The first-order valence-electron chi connectivity index (χ1n) is 5.65. The van der Waals surface area contributed by atoms with Crippen molar-refractivity contribution in [2.45, 2.75) is 13.3 Å². The smallest absolute Gasteiger partial charge is 0.256 e. The van der Waals surface area contributed by atoms with Crippen LogP contribution in [0.5, 0.6) is 0 Å². The van der Waals surface area contributed by atoms with E-state index in [0.29, 0.717) is 30.0 Å². The Bertz CT molecular complexity index is 387. The lowest BCUT2D eigenvalue weighted by Crippen LogP contribution is -2.34. The Morgan fingerprint density at radius 1 is 1.35 bits per heavy atom. The quantitative estimate of drug-likeness (QED) is 0.657. The number of aliphatic hydroxyl groups excluding tert-OH is 1. The number of amides is 1. The Balaban J connectivity index is 2.92. The molecule has 5 nitrogen and oxygen atoms in total. The summed E-state index contributed by atoms with van der Waals surface area (Å²) in [5, 5.41) is 8.93. The SMILES string of the molecule is CCCN(CCO)C(=O)c1ccc(N)cc1N. The third-order valence-corrected chi connectivity index (χ3v) is 2.46. The lowest BCUT2D eigenvalue weighted by atomic mass is 10.1. The van der Waals surface area contributed by atoms with Gasteiger partial charge in [0, 0.05) is 24.5 Å². The second-order valence-electron chi connectivity index (χ2n) is 3.86. The number of benzene rings is 1. The zero-order valence-electron chi connectivity index (χ0n) is 10.0. The van der Waals surface area contributed by atoms with Crippen molar-refractivity contribution >= 4 is 17.3 Å². The molecule has 94 valence electrons. The summed E-state index contributed by atoms with van der Waals surface area (Å²) in [4.78, 5) is 13.7. The average molecular weight is 237 g/mol. The molecular formula is C12H19N3O2. The number of carbonyl (C=O) groups excluding carboxylic acids is 1. The van der Waals surface area contributed by atoms with Crippen molar-refractivity contribution in [1.29, 1.82) is 0 Å². The monoisotopic (exact) mass is 237 g/mol. The van der Waals surface area contributed by atoms with Gasteiger partial charge < -0.3 is 21.5 Å². The summed E-state index contributed by atoms with van der Waals surface area (Å²) in [5.41, 5.74) is 12.7. The van der Waals surface area contributed by atoms with E-state index in [-0.39, 0.29) is 12.5 Å².